The van der Waals surface area contributed by atoms with E-state index in [1.54, 1.807) is 59.4 Å². The minimum absolute atomic E-state index is 0.0417. The van der Waals surface area contributed by atoms with E-state index in [1.165, 1.54) is 0 Å². The van der Waals surface area contributed by atoms with Gasteiger partial charge in [0, 0.05) is 17.8 Å². The van der Waals surface area contributed by atoms with E-state index in [2.05, 4.69) is 20.6 Å². The van der Waals surface area contributed by atoms with E-state index >= 15 is 0 Å². The minimum atomic E-state index is -0.784. The van der Waals surface area contributed by atoms with E-state index < -0.39 is 17.9 Å². The average Bonchev–Trinajstić information content (AvgIpc) is 3.02. The lowest BCUT2D eigenvalue weighted by molar-refractivity contribution is 0.0706. The van der Waals surface area contributed by atoms with E-state index in [4.69, 9.17) is 21.7 Å². The molecule has 0 aliphatic heterocycles. The van der Waals surface area contributed by atoms with Gasteiger partial charge in [-0.05, 0) is 55.3 Å². The van der Waals surface area contributed by atoms with Gasteiger partial charge in [0.1, 0.15) is 28.8 Å². The summed E-state index contributed by atoms with van der Waals surface area (Å²) in [5.74, 6) is -0.535. The number of nitrogens with one attached hydrogen (secondary N) is 3. The quantitative estimate of drug-likeness (QED) is 0.103. The molecule has 0 fully saturated rings. The van der Waals surface area contributed by atoms with Crippen molar-refractivity contribution >= 4 is 40.0 Å². The second-order valence-electron chi connectivity index (χ2n) is 9.99. The Morgan fingerprint density at radius 1 is 0.977 bits per heavy atom. The molecule has 8 N–H and O–H groups in total. The first-order chi connectivity index (χ1) is 21.2. The Bertz CT molecular complexity index is 1910. The number of nitrogens with zero attached hydrogens (tertiary/aromatic N) is 4. The molecule has 0 radical (unpaired) electrons. The summed E-state index contributed by atoms with van der Waals surface area (Å²) in [5, 5.41) is 15.8. The molecule has 0 saturated carbocycles. The van der Waals surface area contributed by atoms with Crippen molar-refractivity contribution in [3.8, 4) is 5.69 Å². The number of anilines is 3. The number of carbonyl (C=O) groups excluding carboxylic acids is 2. The average molecular weight is 594 g/mol. The summed E-state index contributed by atoms with van der Waals surface area (Å²) >= 11 is 0. The lowest BCUT2D eigenvalue weighted by atomic mass is 10.1. The number of primary amides is 1. The van der Waals surface area contributed by atoms with Crippen LogP contribution in [0.2, 0.25) is 0 Å². The Hall–Kier alpha value is -5.82. The number of aryl methyl sites for hydroxylation is 1. The van der Waals surface area contributed by atoms with Crippen LogP contribution in [0.25, 0.3) is 16.6 Å². The van der Waals surface area contributed by atoms with Crippen LogP contribution in [0.3, 0.4) is 0 Å². The maximum absolute atomic E-state index is 14.4. The van der Waals surface area contributed by atoms with E-state index in [1.807, 2.05) is 37.3 Å². The molecule has 3 aromatic carbocycles. The molecule has 1 atom stereocenters. The van der Waals surface area contributed by atoms with Gasteiger partial charge in [-0.2, -0.15) is 0 Å². The van der Waals surface area contributed by atoms with Crippen molar-refractivity contribution in [2.24, 2.45) is 5.73 Å². The number of fused-ring (bicyclic) bond motifs is 1. The predicted octanol–water partition coefficient (Wildman–Crippen LogP) is 3.46. The van der Waals surface area contributed by atoms with Gasteiger partial charge in [-0.15, -0.1) is 0 Å². The number of aromatic nitrogens is 4. The number of amides is 2. The molecule has 224 valence electrons. The third-order valence-corrected chi connectivity index (χ3v) is 7.06. The van der Waals surface area contributed by atoms with E-state index in [9.17, 15) is 14.4 Å². The second kappa shape index (κ2) is 12.6. The van der Waals surface area contributed by atoms with Gasteiger partial charge < -0.3 is 22.1 Å². The SMILES string of the molecule is CCC(Nc1nc(C)nc(N)c1C(N)=O)c1nc2cccc(NCc3ccc(C(=O)NO)cc3)c2c(=O)n1-c1ccccc1. The molecule has 2 heterocycles. The number of hydrogen-bond acceptors (Lipinski definition) is 10. The molecule has 0 saturated heterocycles. The van der Waals surface area contributed by atoms with E-state index in [0.717, 1.165) is 5.56 Å². The van der Waals surface area contributed by atoms with Crippen molar-refractivity contribution in [2.45, 2.75) is 32.9 Å². The maximum atomic E-state index is 14.4. The summed E-state index contributed by atoms with van der Waals surface area (Å²) in [4.78, 5) is 51.7. The smallest absolute Gasteiger partial charge is 0.274 e. The van der Waals surface area contributed by atoms with Gasteiger partial charge in [-0.1, -0.05) is 43.3 Å². The van der Waals surface area contributed by atoms with E-state index in [-0.39, 0.29) is 22.8 Å². The van der Waals surface area contributed by atoms with Gasteiger partial charge in [0.05, 0.1) is 22.6 Å². The highest BCUT2D eigenvalue weighted by molar-refractivity contribution is 6.02. The number of para-hydroxylation sites is 1. The van der Waals surface area contributed by atoms with Crippen LogP contribution < -0.4 is 33.1 Å². The molecule has 0 aliphatic rings. The number of nitrogen functional groups attached to an aromatic ring is 1. The molecule has 13 heteroatoms. The Labute approximate surface area is 251 Å². The van der Waals surface area contributed by atoms with Crippen LogP contribution in [0.4, 0.5) is 17.3 Å². The summed E-state index contributed by atoms with van der Waals surface area (Å²) < 4.78 is 1.54. The summed E-state index contributed by atoms with van der Waals surface area (Å²) in [7, 11) is 0. The van der Waals surface area contributed by atoms with Crippen molar-refractivity contribution in [3.63, 3.8) is 0 Å². The van der Waals surface area contributed by atoms with Gasteiger partial charge in [0.2, 0.25) is 0 Å². The molecule has 1 unspecified atom stereocenters. The molecule has 2 amide bonds. The lowest BCUT2D eigenvalue weighted by Crippen LogP contribution is -2.29. The second-order valence-corrected chi connectivity index (χ2v) is 9.99. The number of hydroxylamine groups is 1. The first kappa shape index (κ1) is 29.7. The summed E-state index contributed by atoms with van der Waals surface area (Å²) in [6.07, 6.45) is 0.466. The third kappa shape index (κ3) is 5.89. The Balaban J connectivity index is 1.60. The van der Waals surface area contributed by atoms with Crippen molar-refractivity contribution < 1.29 is 14.8 Å². The number of rotatable bonds is 10. The van der Waals surface area contributed by atoms with Crippen LogP contribution in [0.15, 0.2) is 77.6 Å². The molecule has 5 aromatic rings. The van der Waals surface area contributed by atoms with Gasteiger partial charge in [0.15, 0.2) is 0 Å². The molecular formula is C31H31N9O4. The highest BCUT2D eigenvalue weighted by Gasteiger charge is 2.25. The molecular weight excluding hydrogens is 562 g/mol. The molecule has 0 spiro atoms. The number of benzene rings is 3. The lowest BCUT2D eigenvalue weighted by Gasteiger charge is -2.23. The Morgan fingerprint density at radius 2 is 1.70 bits per heavy atom. The molecule has 0 bridgehead atoms. The zero-order chi connectivity index (χ0) is 31.4. The highest BCUT2D eigenvalue weighted by atomic mass is 16.5. The number of hydrogen-bond donors (Lipinski definition) is 6. The van der Waals surface area contributed by atoms with Crippen LogP contribution in [0.5, 0.6) is 0 Å². The van der Waals surface area contributed by atoms with Crippen molar-refractivity contribution in [1.82, 2.24) is 25.0 Å². The molecule has 44 heavy (non-hydrogen) atoms. The maximum Gasteiger partial charge on any atom is 0.274 e. The predicted molar refractivity (Wildman–Crippen MR) is 167 cm³/mol. The fourth-order valence-corrected chi connectivity index (χ4v) is 4.95. The highest BCUT2D eigenvalue weighted by Crippen LogP contribution is 2.28. The molecule has 0 aliphatic carbocycles. The number of nitrogens with two attached hydrogens (primary N) is 2. The van der Waals surface area contributed by atoms with Crippen LogP contribution in [0.1, 0.15) is 57.3 Å². The van der Waals surface area contributed by atoms with Gasteiger partial charge in [0.25, 0.3) is 17.4 Å². The summed E-state index contributed by atoms with van der Waals surface area (Å²) in [6, 6.07) is 20.6. The Morgan fingerprint density at radius 3 is 2.36 bits per heavy atom. The molecule has 2 aromatic heterocycles. The minimum Gasteiger partial charge on any atom is -0.383 e. The molecule has 13 nitrogen and oxygen atoms in total. The third-order valence-electron chi connectivity index (χ3n) is 7.06. The fourth-order valence-electron chi connectivity index (χ4n) is 4.95. The normalized spacial score (nSPS) is 11.6. The van der Waals surface area contributed by atoms with E-state index in [0.29, 0.717) is 52.5 Å². The van der Waals surface area contributed by atoms with Gasteiger partial charge in [-0.3, -0.25) is 24.2 Å². The van der Waals surface area contributed by atoms with Crippen LogP contribution in [-0.2, 0) is 6.54 Å². The van der Waals surface area contributed by atoms with Crippen molar-refractivity contribution in [2.75, 3.05) is 16.4 Å². The first-order valence-electron chi connectivity index (χ1n) is 13.8. The molecule has 5 rings (SSSR count). The van der Waals surface area contributed by atoms with Crippen LogP contribution in [0, 0.1) is 6.92 Å². The largest absolute Gasteiger partial charge is 0.383 e. The van der Waals surface area contributed by atoms with Gasteiger partial charge >= 0.3 is 0 Å². The zero-order valence-corrected chi connectivity index (χ0v) is 24.0. The summed E-state index contributed by atoms with van der Waals surface area (Å²) in [5.41, 5.74) is 15.7. The zero-order valence-electron chi connectivity index (χ0n) is 24.0. The number of carbonyl (C=O) groups is 2. The fraction of sp³-hybridized carbons (Fsp3) is 0.161. The first-order valence-corrected chi connectivity index (χ1v) is 13.8. The summed E-state index contributed by atoms with van der Waals surface area (Å²) in [6.45, 7) is 3.92. The van der Waals surface area contributed by atoms with Crippen molar-refractivity contribution in [3.05, 3.63) is 111 Å². The topological polar surface area (TPSA) is 203 Å². The monoisotopic (exact) mass is 593 g/mol. The van der Waals surface area contributed by atoms with Crippen LogP contribution in [-0.4, -0.2) is 36.5 Å². The standard InChI is InChI=1S/C31H31N9O4/c1-3-21(37-28-25(27(33)41)26(32)35-17(2)36-28)29-38-23-11-7-10-22(24(23)31(43)40(29)20-8-5-4-6-9-20)34-16-18-12-14-19(15-13-18)30(42)39-44/h4-15,21,34,44H,3,16H2,1-2H3,(H2,33,41)(H,39,42)(H3,32,35,36,37). The Kier molecular flexibility index (Phi) is 8.49. The van der Waals surface area contributed by atoms with Gasteiger partial charge in [-0.25, -0.2) is 20.4 Å². The van der Waals surface area contributed by atoms with Crippen LogP contribution >= 0.6 is 0 Å². The van der Waals surface area contributed by atoms with Crippen molar-refractivity contribution in [1.29, 1.82) is 0 Å².